The van der Waals surface area contributed by atoms with Crippen LogP contribution in [0.4, 0.5) is 9.18 Å². The number of amidine groups is 1. The van der Waals surface area contributed by atoms with E-state index >= 15 is 0 Å². The second-order valence-electron chi connectivity index (χ2n) is 5.06. The largest absolute Gasteiger partial charge is 0.459 e. The molecular weight excluding hydrogens is 299 g/mol. The number of rotatable bonds is 4. The Kier molecular flexibility index (Phi) is 5.00. The number of urea groups is 1. The van der Waals surface area contributed by atoms with Gasteiger partial charge in [0.1, 0.15) is 17.2 Å². The third-order valence-electron chi connectivity index (χ3n) is 3.38. The summed E-state index contributed by atoms with van der Waals surface area (Å²) in [5, 5.41) is 15.6. The molecular formula is C16H19FN4O2. The first-order valence-electron chi connectivity index (χ1n) is 7.11. The van der Waals surface area contributed by atoms with Crippen molar-refractivity contribution >= 4 is 22.8 Å². The van der Waals surface area contributed by atoms with Gasteiger partial charge in [0.05, 0.1) is 6.04 Å². The van der Waals surface area contributed by atoms with Gasteiger partial charge in [-0.15, -0.1) is 0 Å². The molecule has 0 aliphatic rings. The summed E-state index contributed by atoms with van der Waals surface area (Å²) in [7, 11) is 1.38. The lowest BCUT2D eigenvalue weighted by molar-refractivity contribution is 0.241. The maximum Gasteiger partial charge on any atom is 0.320 e. The number of carbonyl (C=O) groups excluding carboxylic acids is 1. The van der Waals surface area contributed by atoms with Crippen LogP contribution >= 0.6 is 0 Å². The van der Waals surface area contributed by atoms with E-state index in [1.165, 1.54) is 7.05 Å². The number of fused-ring (bicyclic) bond motifs is 1. The Balaban J connectivity index is 2.06. The summed E-state index contributed by atoms with van der Waals surface area (Å²) in [6, 6.07) is 6.61. The summed E-state index contributed by atoms with van der Waals surface area (Å²) in [6.07, 6.45) is 0.872. The fourth-order valence-corrected chi connectivity index (χ4v) is 2.26. The normalized spacial score (nSPS) is 12.8. The van der Waals surface area contributed by atoms with Crippen molar-refractivity contribution < 1.29 is 13.6 Å². The van der Waals surface area contributed by atoms with Gasteiger partial charge in [-0.25, -0.2) is 4.79 Å². The van der Waals surface area contributed by atoms with E-state index in [-0.39, 0.29) is 5.84 Å². The van der Waals surface area contributed by atoms with Crippen molar-refractivity contribution in [1.29, 1.82) is 5.41 Å². The van der Waals surface area contributed by atoms with Crippen LogP contribution < -0.4 is 16.0 Å². The van der Waals surface area contributed by atoms with Gasteiger partial charge in [0.25, 0.3) is 0 Å². The van der Waals surface area contributed by atoms with Crippen LogP contribution in [0.5, 0.6) is 0 Å². The van der Waals surface area contributed by atoms with Gasteiger partial charge in [0, 0.05) is 24.1 Å². The predicted molar refractivity (Wildman–Crippen MR) is 87.0 cm³/mol. The lowest BCUT2D eigenvalue weighted by Gasteiger charge is -2.13. The number of carbonyl (C=O) groups is 1. The number of hydrogen-bond acceptors (Lipinski definition) is 4. The van der Waals surface area contributed by atoms with Crippen LogP contribution in [-0.4, -0.2) is 18.9 Å². The van der Waals surface area contributed by atoms with E-state index in [4.69, 9.17) is 9.83 Å². The minimum absolute atomic E-state index is 0.358. The fraction of sp³-hybridized carbons (Fsp3) is 0.250. The number of halogens is 1. The van der Waals surface area contributed by atoms with E-state index in [1.54, 1.807) is 6.92 Å². The molecule has 6 nitrogen and oxygen atoms in total. The number of hydrogen-bond donors (Lipinski definition) is 4. The van der Waals surface area contributed by atoms with Gasteiger partial charge in [0.2, 0.25) is 0 Å². The van der Waals surface area contributed by atoms with Crippen molar-refractivity contribution in [2.24, 2.45) is 0 Å². The maximum absolute atomic E-state index is 13.0. The quantitative estimate of drug-likeness (QED) is 0.397. The molecule has 4 N–H and O–H groups in total. The Morgan fingerprint density at radius 3 is 2.74 bits per heavy atom. The summed E-state index contributed by atoms with van der Waals surface area (Å²) >= 11 is 0. The third-order valence-corrected chi connectivity index (χ3v) is 3.38. The Bertz CT molecular complexity index is 767. The minimum Gasteiger partial charge on any atom is -0.459 e. The molecule has 0 aliphatic carbocycles. The van der Waals surface area contributed by atoms with Gasteiger partial charge in [-0.05, 0) is 19.9 Å². The lowest BCUT2D eigenvalue weighted by Crippen LogP contribution is -2.39. The molecule has 1 atom stereocenters. The van der Waals surface area contributed by atoms with Crippen LogP contribution in [0.15, 0.2) is 40.7 Å². The number of para-hydroxylation sites is 1. The van der Waals surface area contributed by atoms with Gasteiger partial charge in [-0.1, -0.05) is 18.2 Å². The highest BCUT2D eigenvalue weighted by atomic mass is 19.1. The molecule has 0 aliphatic heterocycles. The minimum atomic E-state index is -0.712. The monoisotopic (exact) mass is 318 g/mol. The summed E-state index contributed by atoms with van der Waals surface area (Å²) in [6.45, 7) is 3.70. The van der Waals surface area contributed by atoms with E-state index in [9.17, 15) is 9.18 Å². The molecule has 0 fully saturated rings. The highest BCUT2D eigenvalue weighted by molar-refractivity contribution is 6.02. The number of furan rings is 1. The van der Waals surface area contributed by atoms with E-state index in [0.29, 0.717) is 5.76 Å². The van der Waals surface area contributed by atoms with Gasteiger partial charge in [-0.2, -0.15) is 4.39 Å². The van der Waals surface area contributed by atoms with Crippen LogP contribution in [-0.2, 0) is 0 Å². The molecule has 23 heavy (non-hydrogen) atoms. The summed E-state index contributed by atoms with van der Waals surface area (Å²) in [5.41, 5.74) is 1.70. The van der Waals surface area contributed by atoms with Crippen molar-refractivity contribution in [3.05, 3.63) is 47.6 Å². The van der Waals surface area contributed by atoms with Crippen LogP contribution in [0.1, 0.15) is 24.3 Å². The molecule has 0 radical (unpaired) electrons. The molecule has 2 aromatic rings. The first-order valence-corrected chi connectivity index (χ1v) is 7.11. The Hall–Kier alpha value is -2.83. The van der Waals surface area contributed by atoms with Gasteiger partial charge < -0.3 is 15.1 Å². The van der Waals surface area contributed by atoms with Crippen LogP contribution in [0.3, 0.4) is 0 Å². The van der Waals surface area contributed by atoms with E-state index in [0.717, 1.165) is 22.6 Å². The molecule has 7 heteroatoms. The smallest absolute Gasteiger partial charge is 0.320 e. The highest BCUT2D eigenvalue weighted by Gasteiger charge is 2.18. The van der Waals surface area contributed by atoms with Crippen molar-refractivity contribution in [3.8, 4) is 0 Å². The Labute approximate surface area is 133 Å². The van der Waals surface area contributed by atoms with Gasteiger partial charge >= 0.3 is 6.03 Å². The zero-order valence-corrected chi connectivity index (χ0v) is 13.2. The zero-order valence-electron chi connectivity index (χ0n) is 13.2. The van der Waals surface area contributed by atoms with E-state index < -0.39 is 18.0 Å². The zero-order chi connectivity index (χ0) is 17.0. The second kappa shape index (κ2) is 6.95. The van der Waals surface area contributed by atoms with Crippen molar-refractivity contribution in [3.63, 3.8) is 0 Å². The molecule has 0 spiro atoms. The molecule has 0 unspecified atom stereocenters. The average molecular weight is 318 g/mol. The summed E-state index contributed by atoms with van der Waals surface area (Å²) in [5.74, 6) is -0.427. The number of benzene rings is 1. The molecule has 0 saturated carbocycles. The molecule has 122 valence electrons. The van der Waals surface area contributed by atoms with Crippen molar-refractivity contribution in [1.82, 2.24) is 16.0 Å². The van der Waals surface area contributed by atoms with E-state index in [1.807, 2.05) is 31.2 Å². The standard InChI is InChI=1S/C16H19FN4O2/c1-9-11-6-4-5-7-12(11)23-15(9)10(2)20-16(22)21-14(18)8-13(17)19-3/h4-8,10,19H,1-3H3,(H3,18,20,21,22)/b13-8-/t10-/m0/s1. The molecule has 1 heterocycles. The van der Waals surface area contributed by atoms with Crippen LogP contribution in [0.2, 0.25) is 0 Å². The number of aryl methyl sites for hydroxylation is 1. The predicted octanol–water partition coefficient (Wildman–Crippen LogP) is 3.11. The molecule has 2 rings (SSSR count). The molecule has 2 amide bonds. The molecule has 1 aromatic carbocycles. The molecule has 0 saturated heterocycles. The van der Waals surface area contributed by atoms with E-state index in [2.05, 4.69) is 16.0 Å². The Morgan fingerprint density at radius 1 is 1.39 bits per heavy atom. The fourth-order valence-electron chi connectivity index (χ4n) is 2.26. The first-order chi connectivity index (χ1) is 10.9. The highest BCUT2D eigenvalue weighted by Crippen LogP contribution is 2.28. The van der Waals surface area contributed by atoms with Crippen molar-refractivity contribution in [2.45, 2.75) is 19.9 Å². The first kappa shape index (κ1) is 16.5. The summed E-state index contributed by atoms with van der Waals surface area (Å²) in [4.78, 5) is 11.9. The Morgan fingerprint density at radius 2 is 2.09 bits per heavy atom. The lowest BCUT2D eigenvalue weighted by atomic mass is 10.1. The van der Waals surface area contributed by atoms with Crippen LogP contribution in [0.25, 0.3) is 11.0 Å². The van der Waals surface area contributed by atoms with Gasteiger partial charge in [-0.3, -0.25) is 10.7 Å². The number of nitrogens with one attached hydrogen (secondary N) is 4. The number of amides is 2. The second-order valence-corrected chi connectivity index (χ2v) is 5.06. The van der Waals surface area contributed by atoms with Crippen LogP contribution in [0, 0.1) is 12.3 Å². The SMILES string of the molecule is CN/C(F)=C\C(=N)NC(=O)N[C@@H](C)c1oc2ccccc2c1C. The van der Waals surface area contributed by atoms with Gasteiger partial charge in [0.15, 0.2) is 5.95 Å². The molecule has 0 bridgehead atoms. The molecule has 1 aromatic heterocycles. The maximum atomic E-state index is 13.0. The third kappa shape index (κ3) is 3.88. The topological polar surface area (TPSA) is 90.2 Å². The summed E-state index contributed by atoms with van der Waals surface area (Å²) < 4.78 is 18.7. The van der Waals surface area contributed by atoms with Crippen molar-refractivity contribution in [2.75, 3.05) is 7.05 Å². The average Bonchev–Trinajstić information content (AvgIpc) is 2.84.